The van der Waals surface area contributed by atoms with Gasteiger partial charge in [-0.3, -0.25) is 0 Å². The maximum Gasteiger partial charge on any atom is 0.141 e. The Bertz CT molecular complexity index is 610. The third-order valence-corrected chi connectivity index (χ3v) is 3.69. The van der Waals surface area contributed by atoms with Crippen LogP contribution in [0.4, 0.5) is 14.6 Å². The van der Waals surface area contributed by atoms with Crippen molar-refractivity contribution < 1.29 is 8.78 Å². The van der Waals surface area contributed by atoms with Gasteiger partial charge in [-0.05, 0) is 23.2 Å². The van der Waals surface area contributed by atoms with Crippen molar-refractivity contribution in [2.45, 2.75) is 6.42 Å². The molecule has 0 spiro atoms. The number of halogens is 2. The number of thiocarbonyl (C=S) groups is 1. The van der Waals surface area contributed by atoms with Gasteiger partial charge in [0.2, 0.25) is 0 Å². The largest absolute Gasteiger partial charge is 0.389 e. The normalized spacial score (nSPS) is 10.6. The van der Waals surface area contributed by atoms with Crippen LogP contribution in [0.15, 0.2) is 18.2 Å². The summed E-state index contributed by atoms with van der Waals surface area (Å²) < 4.78 is 30.3. The second kappa shape index (κ2) is 4.95. The molecule has 94 valence electrons. The van der Waals surface area contributed by atoms with Gasteiger partial charge in [0.1, 0.15) is 22.4 Å². The molecule has 0 fully saturated rings. The summed E-state index contributed by atoms with van der Waals surface area (Å²) in [4.78, 5) is 0.730. The molecule has 3 nitrogen and oxygen atoms in total. The van der Waals surface area contributed by atoms with Crippen molar-refractivity contribution in [1.29, 1.82) is 0 Å². The van der Waals surface area contributed by atoms with E-state index in [1.54, 1.807) is 0 Å². The minimum Gasteiger partial charge on any atom is -0.389 e. The fraction of sp³-hybridized carbons (Fsp3) is 0.0909. The lowest BCUT2D eigenvalue weighted by Gasteiger charge is -2.05. The Morgan fingerprint density at radius 2 is 2.11 bits per heavy atom. The fourth-order valence-corrected chi connectivity index (χ4v) is 2.45. The second-order valence-electron chi connectivity index (χ2n) is 3.65. The molecule has 2 rings (SSSR count). The molecule has 2 aromatic rings. The van der Waals surface area contributed by atoms with Crippen LogP contribution in [0.2, 0.25) is 0 Å². The first-order valence-corrected chi connectivity index (χ1v) is 6.15. The predicted octanol–water partition coefficient (Wildman–Crippen LogP) is 2.23. The number of rotatable bonds is 3. The highest BCUT2D eigenvalue weighted by Gasteiger charge is 2.16. The van der Waals surface area contributed by atoms with E-state index < -0.39 is 11.6 Å². The van der Waals surface area contributed by atoms with Crippen LogP contribution in [0.5, 0.6) is 0 Å². The molecule has 0 bridgehead atoms. The Hall–Kier alpha value is -1.60. The van der Waals surface area contributed by atoms with Gasteiger partial charge in [-0.1, -0.05) is 18.3 Å². The van der Waals surface area contributed by atoms with Crippen molar-refractivity contribution in [3.05, 3.63) is 45.8 Å². The van der Waals surface area contributed by atoms with Crippen molar-refractivity contribution in [3.8, 4) is 0 Å². The molecule has 7 heteroatoms. The minimum absolute atomic E-state index is 0.168. The first-order valence-electron chi connectivity index (χ1n) is 4.96. The summed E-state index contributed by atoms with van der Waals surface area (Å²) in [5, 5.41) is 0. The predicted molar refractivity (Wildman–Crippen MR) is 71.6 cm³/mol. The standard InChI is InChI=1S/C11H9F2N3S2/c12-6-2-1-5(8(13)4-6)3-7-9(11(15)17)18-16-10(7)14/h1-2,4H,3H2,(H2,14,16)(H2,15,17). The van der Waals surface area contributed by atoms with Gasteiger partial charge in [0.05, 0.1) is 4.88 Å². The first kappa shape index (κ1) is 12.8. The third-order valence-electron chi connectivity index (χ3n) is 2.42. The maximum atomic E-state index is 13.5. The molecule has 0 saturated carbocycles. The van der Waals surface area contributed by atoms with Gasteiger partial charge in [0, 0.05) is 18.1 Å². The Morgan fingerprint density at radius 3 is 2.72 bits per heavy atom. The van der Waals surface area contributed by atoms with Crippen LogP contribution in [-0.2, 0) is 6.42 Å². The number of nitrogens with zero attached hydrogens (tertiary/aromatic N) is 1. The van der Waals surface area contributed by atoms with Crippen molar-refractivity contribution in [2.24, 2.45) is 5.73 Å². The second-order valence-corrected chi connectivity index (χ2v) is 4.87. The molecule has 0 amide bonds. The van der Waals surface area contributed by atoms with Crippen LogP contribution < -0.4 is 11.5 Å². The lowest BCUT2D eigenvalue weighted by molar-refractivity contribution is 0.574. The van der Waals surface area contributed by atoms with Crippen LogP contribution in [0.3, 0.4) is 0 Å². The Labute approximate surface area is 112 Å². The molecular formula is C11H9F2N3S2. The van der Waals surface area contributed by atoms with E-state index in [2.05, 4.69) is 4.37 Å². The Balaban J connectivity index is 2.39. The van der Waals surface area contributed by atoms with Crippen LogP contribution >= 0.6 is 23.8 Å². The molecule has 0 aliphatic rings. The summed E-state index contributed by atoms with van der Waals surface area (Å²) in [5.74, 6) is -0.983. The molecule has 0 aliphatic heterocycles. The molecule has 18 heavy (non-hydrogen) atoms. The van der Waals surface area contributed by atoms with Gasteiger partial charge < -0.3 is 11.5 Å². The molecule has 1 aromatic carbocycles. The Morgan fingerprint density at radius 1 is 1.39 bits per heavy atom. The minimum atomic E-state index is -0.630. The average Bonchev–Trinajstić information content (AvgIpc) is 2.64. The van der Waals surface area contributed by atoms with Crippen molar-refractivity contribution in [3.63, 3.8) is 0 Å². The van der Waals surface area contributed by atoms with E-state index in [9.17, 15) is 8.78 Å². The van der Waals surface area contributed by atoms with E-state index in [0.717, 1.165) is 17.6 Å². The molecule has 0 unspecified atom stereocenters. The lowest BCUT2D eigenvalue weighted by Crippen LogP contribution is -2.11. The van der Waals surface area contributed by atoms with Gasteiger partial charge in [-0.25, -0.2) is 8.78 Å². The SMILES string of the molecule is NC(=S)c1snc(N)c1Cc1ccc(F)cc1F. The van der Waals surface area contributed by atoms with E-state index in [1.165, 1.54) is 12.1 Å². The van der Waals surface area contributed by atoms with Gasteiger partial charge in [0.25, 0.3) is 0 Å². The zero-order valence-corrected chi connectivity index (χ0v) is 10.7. The van der Waals surface area contributed by atoms with Crippen LogP contribution in [0.1, 0.15) is 16.0 Å². The van der Waals surface area contributed by atoms with Crippen LogP contribution in [0, 0.1) is 11.6 Å². The molecule has 1 heterocycles. The smallest absolute Gasteiger partial charge is 0.141 e. The summed E-state index contributed by atoms with van der Waals surface area (Å²) >= 11 is 5.95. The number of nitrogen functional groups attached to an aromatic ring is 1. The molecular weight excluding hydrogens is 276 g/mol. The van der Waals surface area contributed by atoms with E-state index >= 15 is 0 Å². The highest BCUT2D eigenvalue weighted by molar-refractivity contribution is 7.81. The van der Waals surface area contributed by atoms with Crippen molar-refractivity contribution >= 4 is 34.6 Å². The molecule has 4 N–H and O–H groups in total. The Kier molecular flexibility index (Phi) is 3.53. The van der Waals surface area contributed by atoms with Gasteiger partial charge in [-0.15, -0.1) is 0 Å². The molecule has 0 atom stereocenters. The topological polar surface area (TPSA) is 64.9 Å². The lowest BCUT2D eigenvalue weighted by atomic mass is 10.0. The molecule has 0 aliphatic carbocycles. The monoisotopic (exact) mass is 285 g/mol. The summed E-state index contributed by atoms with van der Waals surface area (Å²) in [6.45, 7) is 0. The number of hydrogen-bond donors (Lipinski definition) is 2. The van der Waals surface area contributed by atoms with Crippen molar-refractivity contribution in [1.82, 2.24) is 4.37 Å². The number of benzene rings is 1. The quantitative estimate of drug-likeness (QED) is 0.849. The van der Waals surface area contributed by atoms with Gasteiger partial charge in [-0.2, -0.15) is 4.37 Å². The number of aromatic nitrogens is 1. The molecule has 1 aromatic heterocycles. The van der Waals surface area contributed by atoms with Gasteiger partial charge in [0.15, 0.2) is 0 Å². The summed E-state index contributed by atoms with van der Waals surface area (Å²) in [5.41, 5.74) is 12.1. The maximum absolute atomic E-state index is 13.5. The van der Waals surface area contributed by atoms with Gasteiger partial charge >= 0.3 is 0 Å². The van der Waals surface area contributed by atoms with Crippen LogP contribution in [0.25, 0.3) is 0 Å². The summed E-state index contributed by atoms with van der Waals surface area (Å²) in [6.07, 6.45) is 0.182. The summed E-state index contributed by atoms with van der Waals surface area (Å²) in [7, 11) is 0. The van der Waals surface area contributed by atoms with E-state index in [-0.39, 0.29) is 17.2 Å². The van der Waals surface area contributed by atoms with E-state index in [0.29, 0.717) is 16.0 Å². The van der Waals surface area contributed by atoms with Crippen LogP contribution in [-0.4, -0.2) is 9.36 Å². The van der Waals surface area contributed by atoms with E-state index in [4.69, 9.17) is 23.7 Å². The number of anilines is 1. The highest BCUT2D eigenvalue weighted by atomic mass is 32.1. The average molecular weight is 285 g/mol. The zero-order chi connectivity index (χ0) is 13.3. The number of nitrogens with two attached hydrogens (primary N) is 2. The number of hydrogen-bond acceptors (Lipinski definition) is 4. The molecule has 0 saturated heterocycles. The first-order chi connectivity index (χ1) is 8.49. The fourth-order valence-electron chi connectivity index (χ4n) is 1.54. The van der Waals surface area contributed by atoms with E-state index in [1.807, 2.05) is 0 Å². The zero-order valence-electron chi connectivity index (χ0n) is 9.11. The molecule has 0 radical (unpaired) electrons. The third kappa shape index (κ3) is 2.46. The summed E-state index contributed by atoms with van der Waals surface area (Å²) in [6, 6.07) is 3.38. The van der Waals surface area contributed by atoms with Crippen molar-refractivity contribution in [2.75, 3.05) is 5.73 Å². The highest BCUT2D eigenvalue weighted by Crippen LogP contribution is 2.25.